The molecule has 0 bridgehead atoms. The van der Waals surface area contributed by atoms with E-state index < -0.39 is 0 Å². The molecule has 2 heteroatoms. The van der Waals surface area contributed by atoms with Crippen LogP contribution in [-0.4, -0.2) is 6.54 Å². The van der Waals surface area contributed by atoms with E-state index in [4.69, 9.17) is 11.6 Å². The molecule has 1 atom stereocenters. The van der Waals surface area contributed by atoms with Gasteiger partial charge < -0.3 is 5.32 Å². The Balaban J connectivity index is 2.68. The minimum atomic E-state index is 0.394. The van der Waals surface area contributed by atoms with Gasteiger partial charge in [-0.2, -0.15) is 0 Å². The fraction of sp³-hybridized carbons (Fsp3) is 0.333. The molecule has 0 spiro atoms. The van der Waals surface area contributed by atoms with Gasteiger partial charge in [-0.1, -0.05) is 36.7 Å². The molecule has 76 valence electrons. The van der Waals surface area contributed by atoms with Crippen molar-refractivity contribution in [3.05, 3.63) is 47.5 Å². The highest BCUT2D eigenvalue weighted by atomic mass is 35.5. The van der Waals surface area contributed by atoms with Crippen molar-refractivity contribution in [3.8, 4) is 0 Å². The number of rotatable bonds is 5. The molecule has 0 heterocycles. The van der Waals surface area contributed by atoms with Crippen molar-refractivity contribution >= 4 is 11.6 Å². The van der Waals surface area contributed by atoms with Crippen LogP contribution >= 0.6 is 11.6 Å². The Hall–Kier alpha value is -0.790. The summed E-state index contributed by atoms with van der Waals surface area (Å²) >= 11 is 5.83. The Morgan fingerprint density at radius 1 is 1.43 bits per heavy atom. The molecule has 1 rings (SSSR count). The fourth-order valence-electron chi connectivity index (χ4n) is 1.42. The normalized spacial score (nSPS) is 12.4. The van der Waals surface area contributed by atoms with Crippen LogP contribution in [0.3, 0.4) is 0 Å². The molecule has 1 N–H and O–H groups in total. The van der Waals surface area contributed by atoms with E-state index in [1.807, 2.05) is 18.2 Å². The molecule has 0 amide bonds. The summed E-state index contributed by atoms with van der Waals surface area (Å²) in [7, 11) is 0. The molecular weight excluding hydrogens is 194 g/mol. The van der Waals surface area contributed by atoms with Crippen molar-refractivity contribution in [2.75, 3.05) is 6.54 Å². The zero-order valence-electron chi connectivity index (χ0n) is 8.46. The summed E-state index contributed by atoms with van der Waals surface area (Å²) in [4.78, 5) is 0. The molecule has 0 radical (unpaired) electrons. The minimum absolute atomic E-state index is 0.394. The second kappa shape index (κ2) is 5.84. The third-order valence-corrected chi connectivity index (χ3v) is 2.44. The molecule has 0 saturated carbocycles. The van der Waals surface area contributed by atoms with Crippen LogP contribution in [0.1, 0.15) is 24.9 Å². The summed E-state index contributed by atoms with van der Waals surface area (Å²) in [6.07, 6.45) is 2.94. The first-order valence-electron chi connectivity index (χ1n) is 4.87. The fourth-order valence-corrected chi connectivity index (χ4v) is 1.54. The Labute approximate surface area is 90.8 Å². The van der Waals surface area contributed by atoms with Gasteiger partial charge in [-0.15, -0.1) is 6.58 Å². The average Bonchev–Trinajstić information content (AvgIpc) is 2.21. The van der Waals surface area contributed by atoms with Gasteiger partial charge in [0, 0.05) is 17.6 Å². The van der Waals surface area contributed by atoms with Crippen molar-refractivity contribution in [1.29, 1.82) is 0 Å². The number of nitrogens with one attached hydrogen (secondary N) is 1. The predicted octanol–water partition coefficient (Wildman–Crippen LogP) is 3.57. The third kappa shape index (κ3) is 3.17. The van der Waals surface area contributed by atoms with E-state index >= 15 is 0 Å². The quantitative estimate of drug-likeness (QED) is 0.732. The maximum absolute atomic E-state index is 5.83. The molecule has 0 aliphatic carbocycles. The van der Waals surface area contributed by atoms with E-state index in [1.165, 1.54) is 5.56 Å². The summed E-state index contributed by atoms with van der Waals surface area (Å²) in [6.45, 7) is 6.69. The summed E-state index contributed by atoms with van der Waals surface area (Å²) in [5, 5.41) is 4.18. The molecule has 1 aromatic rings. The lowest BCUT2D eigenvalue weighted by atomic mass is 10.0. The zero-order valence-corrected chi connectivity index (χ0v) is 9.22. The molecular formula is C12H16ClN. The number of hydrogen-bond acceptors (Lipinski definition) is 1. The van der Waals surface area contributed by atoms with Crippen molar-refractivity contribution in [3.63, 3.8) is 0 Å². The van der Waals surface area contributed by atoms with Gasteiger partial charge in [0.15, 0.2) is 0 Å². The molecule has 1 aromatic carbocycles. The van der Waals surface area contributed by atoms with Crippen LogP contribution < -0.4 is 5.32 Å². The first kappa shape index (κ1) is 11.3. The lowest BCUT2D eigenvalue weighted by Gasteiger charge is -2.16. The summed E-state index contributed by atoms with van der Waals surface area (Å²) in [5.74, 6) is 0. The maximum atomic E-state index is 5.83. The number of benzene rings is 1. The zero-order chi connectivity index (χ0) is 10.4. The lowest BCUT2D eigenvalue weighted by molar-refractivity contribution is 0.551. The van der Waals surface area contributed by atoms with Gasteiger partial charge in [-0.05, 0) is 24.1 Å². The summed E-state index contributed by atoms with van der Waals surface area (Å²) in [6, 6.07) is 8.37. The van der Waals surface area contributed by atoms with Crippen molar-refractivity contribution in [2.45, 2.75) is 19.4 Å². The van der Waals surface area contributed by atoms with Crippen molar-refractivity contribution in [1.82, 2.24) is 5.32 Å². The summed E-state index contributed by atoms with van der Waals surface area (Å²) in [5.41, 5.74) is 1.28. The van der Waals surface area contributed by atoms with Gasteiger partial charge in [0.05, 0.1) is 0 Å². The second-order valence-electron chi connectivity index (χ2n) is 3.21. The Kier molecular flexibility index (Phi) is 4.71. The van der Waals surface area contributed by atoms with E-state index in [2.05, 4.69) is 31.0 Å². The van der Waals surface area contributed by atoms with Gasteiger partial charge in [-0.25, -0.2) is 0 Å². The van der Waals surface area contributed by atoms with E-state index in [-0.39, 0.29) is 0 Å². The molecule has 0 aromatic heterocycles. The standard InChI is InChI=1S/C12H16ClN/c1-3-9-14-12(4-2)10-5-7-11(13)8-6-10/h3,5-8,12,14H,1,4,9H2,2H3. The van der Waals surface area contributed by atoms with Gasteiger partial charge in [0.1, 0.15) is 0 Å². The minimum Gasteiger partial charge on any atom is -0.306 e. The molecule has 1 nitrogen and oxygen atoms in total. The van der Waals surface area contributed by atoms with Gasteiger partial charge in [0.25, 0.3) is 0 Å². The highest BCUT2D eigenvalue weighted by molar-refractivity contribution is 6.30. The van der Waals surface area contributed by atoms with Crippen LogP contribution in [-0.2, 0) is 0 Å². The molecule has 0 aliphatic heterocycles. The highest BCUT2D eigenvalue weighted by Crippen LogP contribution is 2.18. The van der Waals surface area contributed by atoms with E-state index in [0.717, 1.165) is 18.0 Å². The second-order valence-corrected chi connectivity index (χ2v) is 3.65. The van der Waals surface area contributed by atoms with Crippen LogP contribution in [0.15, 0.2) is 36.9 Å². The average molecular weight is 210 g/mol. The van der Waals surface area contributed by atoms with Crippen LogP contribution in [0.25, 0.3) is 0 Å². The van der Waals surface area contributed by atoms with Gasteiger partial charge in [0.2, 0.25) is 0 Å². The van der Waals surface area contributed by atoms with Gasteiger partial charge >= 0.3 is 0 Å². The van der Waals surface area contributed by atoms with Crippen LogP contribution in [0.5, 0.6) is 0 Å². The van der Waals surface area contributed by atoms with E-state index in [0.29, 0.717) is 6.04 Å². The number of halogens is 1. The van der Waals surface area contributed by atoms with Crippen molar-refractivity contribution < 1.29 is 0 Å². The molecule has 14 heavy (non-hydrogen) atoms. The molecule has 0 saturated heterocycles. The third-order valence-electron chi connectivity index (χ3n) is 2.19. The first-order chi connectivity index (χ1) is 6.77. The predicted molar refractivity (Wildman–Crippen MR) is 62.7 cm³/mol. The Morgan fingerprint density at radius 3 is 2.57 bits per heavy atom. The topological polar surface area (TPSA) is 12.0 Å². The van der Waals surface area contributed by atoms with Crippen molar-refractivity contribution in [2.24, 2.45) is 0 Å². The highest BCUT2D eigenvalue weighted by Gasteiger charge is 2.06. The molecule has 0 aliphatic rings. The monoisotopic (exact) mass is 209 g/mol. The smallest absolute Gasteiger partial charge is 0.0406 e. The maximum Gasteiger partial charge on any atom is 0.0406 e. The first-order valence-corrected chi connectivity index (χ1v) is 5.25. The van der Waals surface area contributed by atoms with Gasteiger partial charge in [-0.3, -0.25) is 0 Å². The van der Waals surface area contributed by atoms with Crippen LogP contribution in [0.2, 0.25) is 5.02 Å². The largest absolute Gasteiger partial charge is 0.306 e. The lowest BCUT2D eigenvalue weighted by Crippen LogP contribution is -2.20. The van der Waals surface area contributed by atoms with Crippen LogP contribution in [0.4, 0.5) is 0 Å². The molecule has 0 fully saturated rings. The SMILES string of the molecule is C=CCNC(CC)c1ccc(Cl)cc1. The van der Waals surface area contributed by atoms with Crippen LogP contribution in [0, 0.1) is 0 Å². The molecule has 1 unspecified atom stereocenters. The Bertz CT molecular complexity index is 279. The summed E-state index contributed by atoms with van der Waals surface area (Å²) < 4.78 is 0. The Morgan fingerprint density at radius 2 is 2.07 bits per heavy atom. The van der Waals surface area contributed by atoms with E-state index in [9.17, 15) is 0 Å². The van der Waals surface area contributed by atoms with E-state index in [1.54, 1.807) is 0 Å². The number of hydrogen-bond donors (Lipinski definition) is 1.